The molecule has 0 heterocycles. The van der Waals surface area contributed by atoms with E-state index in [2.05, 4.69) is 27.9 Å². The number of rotatable bonds is 9. The third kappa shape index (κ3) is 5.71. The topological polar surface area (TPSA) is 99.1 Å². The standard InChI is InChI=1S/C29H39IN2O5/c1-2-26(34)32(17-29-14-18-9-19(15-29)11-20(10-18)16-29)23-12-21(28(36)31-7-8-33)13-25(27(23)35)37-24-6-4-3-5-22(24)30/h3-6,13,18-20,23,25,27,33,35H,2,7-12,14-17H2,1H3,(H,31,36)/t18?,19?,20?,23-,25+,27+,29?/m1/s1. The molecule has 0 aromatic heterocycles. The minimum atomic E-state index is -0.963. The van der Waals surface area contributed by atoms with Gasteiger partial charge in [-0.05, 0) is 102 Å². The van der Waals surface area contributed by atoms with Gasteiger partial charge < -0.3 is 25.2 Å². The van der Waals surface area contributed by atoms with Gasteiger partial charge in [-0.3, -0.25) is 9.59 Å². The Morgan fingerprint density at radius 1 is 1.14 bits per heavy atom. The number of amides is 2. The second kappa shape index (κ2) is 11.2. The molecule has 1 aromatic rings. The van der Waals surface area contributed by atoms with Gasteiger partial charge in [-0.2, -0.15) is 0 Å². The zero-order valence-electron chi connectivity index (χ0n) is 21.6. The molecule has 3 atom stereocenters. The van der Waals surface area contributed by atoms with Gasteiger partial charge >= 0.3 is 0 Å². The summed E-state index contributed by atoms with van der Waals surface area (Å²) in [7, 11) is 0. The van der Waals surface area contributed by atoms with E-state index in [1.807, 2.05) is 36.1 Å². The Hall–Kier alpha value is -1.65. The number of para-hydroxylation sites is 1. The van der Waals surface area contributed by atoms with E-state index in [1.165, 1.54) is 19.3 Å². The van der Waals surface area contributed by atoms with Gasteiger partial charge in [0.05, 0.1) is 16.2 Å². The maximum absolute atomic E-state index is 13.5. The normalized spacial score (nSPS) is 34.1. The zero-order valence-corrected chi connectivity index (χ0v) is 23.7. The van der Waals surface area contributed by atoms with Crippen LogP contribution in [0.2, 0.25) is 0 Å². The fourth-order valence-corrected chi connectivity index (χ4v) is 8.42. The molecule has 4 fully saturated rings. The van der Waals surface area contributed by atoms with E-state index in [9.17, 15) is 19.8 Å². The predicted molar refractivity (Wildman–Crippen MR) is 149 cm³/mol. The Morgan fingerprint density at radius 2 is 1.78 bits per heavy atom. The number of hydrogen-bond donors (Lipinski definition) is 3. The number of halogens is 1. The number of nitrogens with zero attached hydrogens (tertiary/aromatic N) is 1. The highest BCUT2D eigenvalue weighted by Crippen LogP contribution is 2.60. The molecule has 0 spiro atoms. The molecule has 5 aliphatic carbocycles. The van der Waals surface area contributed by atoms with Gasteiger partial charge in [-0.15, -0.1) is 0 Å². The summed E-state index contributed by atoms with van der Waals surface area (Å²) in [5.41, 5.74) is 0.601. The smallest absolute Gasteiger partial charge is 0.247 e. The van der Waals surface area contributed by atoms with Gasteiger partial charge in [0, 0.05) is 31.5 Å². The van der Waals surface area contributed by atoms with Gasteiger partial charge in [0.15, 0.2) is 0 Å². The van der Waals surface area contributed by atoms with E-state index in [4.69, 9.17) is 4.74 Å². The van der Waals surface area contributed by atoms with Crippen LogP contribution < -0.4 is 10.1 Å². The molecule has 0 radical (unpaired) electrons. The van der Waals surface area contributed by atoms with Crippen LogP contribution in [0.1, 0.15) is 58.3 Å². The summed E-state index contributed by atoms with van der Waals surface area (Å²) in [5.74, 6) is 2.64. The molecule has 0 aliphatic heterocycles. The molecule has 6 rings (SSSR count). The molecule has 4 saturated carbocycles. The second-order valence-corrected chi connectivity index (χ2v) is 12.9. The van der Waals surface area contributed by atoms with Crippen LogP contribution >= 0.6 is 22.6 Å². The zero-order chi connectivity index (χ0) is 26.2. The number of nitrogens with one attached hydrogen (secondary N) is 1. The van der Waals surface area contributed by atoms with Crippen molar-refractivity contribution in [2.45, 2.75) is 76.5 Å². The molecule has 8 heteroatoms. The summed E-state index contributed by atoms with van der Waals surface area (Å²) in [6.07, 6.45) is 8.06. The second-order valence-electron chi connectivity index (χ2n) is 11.7. The lowest BCUT2D eigenvalue weighted by atomic mass is 9.49. The van der Waals surface area contributed by atoms with Crippen molar-refractivity contribution < 1.29 is 24.5 Å². The van der Waals surface area contributed by atoms with Gasteiger partial charge in [0.1, 0.15) is 18.0 Å². The van der Waals surface area contributed by atoms with Crippen molar-refractivity contribution in [3.8, 4) is 5.75 Å². The van der Waals surface area contributed by atoms with Crippen molar-refractivity contribution >= 4 is 34.4 Å². The lowest BCUT2D eigenvalue weighted by Gasteiger charge is -2.58. The third-order valence-corrected chi connectivity index (χ3v) is 9.90. The number of ether oxygens (including phenoxy) is 1. The molecule has 7 nitrogen and oxygen atoms in total. The minimum absolute atomic E-state index is 0.0184. The first-order valence-corrected chi connectivity index (χ1v) is 14.9. The van der Waals surface area contributed by atoms with Crippen molar-refractivity contribution in [1.29, 1.82) is 0 Å². The molecule has 0 saturated heterocycles. The Labute approximate surface area is 233 Å². The molecule has 4 bridgehead atoms. The predicted octanol–water partition coefficient (Wildman–Crippen LogP) is 3.66. The van der Waals surface area contributed by atoms with Crippen LogP contribution in [0.5, 0.6) is 5.75 Å². The molecule has 5 aliphatic rings. The molecular formula is C29H39IN2O5. The first-order chi connectivity index (χ1) is 17.8. The van der Waals surface area contributed by atoms with Gasteiger partial charge in [0.25, 0.3) is 0 Å². The highest BCUT2D eigenvalue weighted by Gasteiger charge is 2.53. The van der Waals surface area contributed by atoms with E-state index in [0.29, 0.717) is 24.3 Å². The summed E-state index contributed by atoms with van der Waals surface area (Å²) in [4.78, 5) is 28.4. The van der Waals surface area contributed by atoms with Crippen LogP contribution in [-0.4, -0.2) is 64.9 Å². The van der Waals surface area contributed by atoms with Crippen LogP contribution in [0.4, 0.5) is 0 Å². The molecular weight excluding hydrogens is 583 g/mol. The number of benzene rings is 1. The summed E-state index contributed by atoms with van der Waals surface area (Å²) in [6.45, 7) is 2.51. The number of hydrogen-bond acceptors (Lipinski definition) is 5. The number of carbonyl (C=O) groups excluding carboxylic acids is 2. The first kappa shape index (κ1) is 26.9. The Balaban J connectivity index is 1.44. The summed E-state index contributed by atoms with van der Waals surface area (Å²) in [5, 5.41) is 23.6. The summed E-state index contributed by atoms with van der Waals surface area (Å²) < 4.78 is 7.18. The van der Waals surface area contributed by atoms with Gasteiger partial charge in [-0.25, -0.2) is 0 Å². The minimum Gasteiger partial charge on any atom is -0.482 e. The molecule has 37 heavy (non-hydrogen) atoms. The van der Waals surface area contributed by atoms with Gasteiger partial charge in [0.2, 0.25) is 11.8 Å². The SMILES string of the molecule is CCC(=O)N(CC12CC3CC(CC(C3)C1)C2)[C@@H]1CC(C(=O)NCCO)=C[C@H](Oc2ccccc2I)[C@H]1O. The fourth-order valence-electron chi connectivity index (χ4n) is 7.90. The highest BCUT2D eigenvalue weighted by atomic mass is 127. The Morgan fingerprint density at radius 3 is 2.38 bits per heavy atom. The molecule has 202 valence electrons. The summed E-state index contributed by atoms with van der Waals surface area (Å²) >= 11 is 2.19. The van der Waals surface area contributed by atoms with E-state index < -0.39 is 18.2 Å². The van der Waals surface area contributed by atoms with Crippen molar-refractivity contribution in [3.63, 3.8) is 0 Å². The van der Waals surface area contributed by atoms with Gasteiger partial charge in [-0.1, -0.05) is 19.1 Å². The van der Waals surface area contributed by atoms with Crippen molar-refractivity contribution in [2.24, 2.45) is 23.2 Å². The molecule has 0 unspecified atom stereocenters. The average molecular weight is 623 g/mol. The Kier molecular flexibility index (Phi) is 8.17. The van der Waals surface area contributed by atoms with E-state index in [1.54, 1.807) is 6.08 Å². The first-order valence-electron chi connectivity index (χ1n) is 13.8. The van der Waals surface area contributed by atoms with Crippen molar-refractivity contribution in [2.75, 3.05) is 19.7 Å². The van der Waals surface area contributed by atoms with Crippen LogP contribution in [0.3, 0.4) is 0 Å². The molecule has 2 amide bonds. The molecule has 3 N–H and O–H groups in total. The summed E-state index contributed by atoms with van der Waals surface area (Å²) in [6, 6.07) is 7.03. The number of aliphatic hydroxyl groups excluding tert-OH is 2. The van der Waals surface area contributed by atoms with E-state index in [0.717, 1.165) is 40.6 Å². The van der Waals surface area contributed by atoms with Crippen LogP contribution in [0.25, 0.3) is 0 Å². The van der Waals surface area contributed by atoms with Crippen molar-refractivity contribution in [3.05, 3.63) is 39.5 Å². The maximum atomic E-state index is 13.5. The quantitative estimate of drug-likeness (QED) is 0.366. The number of aliphatic hydroxyl groups is 2. The lowest BCUT2D eigenvalue weighted by Crippen LogP contribution is -2.59. The largest absolute Gasteiger partial charge is 0.482 e. The lowest BCUT2D eigenvalue weighted by molar-refractivity contribution is -0.146. The number of carbonyl (C=O) groups is 2. The van der Waals surface area contributed by atoms with Crippen LogP contribution in [0, 0.1) is 26.7 Å². The highest BCUT2D eigenvalue weighted by molar-refractivity contribution is 14.1. The fraction of sp³-hybridized carbons (Fsp3) is 0.655. The van der Waals surface area contributed by atoms with E-state index in [-0.39, 0.29) is 36.8 Å². The van der Waals surface area contributed by atoms with E-state index >= 15 is 0 Å². The Bertz CT molecular complexity index is 1010. The van der Waals surface area contributed by atoms with Crippen LogP contribution in [0.15, 0.2) is 35.9 Å². The third-order valence-electron chi connectivity index (χ3n) is 9.01. The maximum Gasteiger partial charge on any atom is 0.247 e. The monoisotopic (exact) mass is 622 g/mol. The van der Waals surface area contributed by atoms with Crippen LogP contribution in [-0.2, 0) is 9.59 Å². The molecule has 1 aromatic carbocycles. The van der Waals surface area contributed by atoms with Crippen molar-refractivity contribution in [1.82, 2.24) is 10.2 Å². The average Bonchev–Trinajstić information content (AvgIpc) is 2.87.